The van der Waals surface area contributed by atoms with Crippen LogP contribution in [-0.4, -0.2) is 24.6 Å². The number of fused-ring (bicyclic) bond motifs is 1. The van der Waals surface area contributed by atoms with E-state index in [-0.39, 0.29) is 22.7 Å². The molecule has 0 aromatic heterocycles. The fourth-order valence-corrected chi connectivity index (χ4v) is 3.79. The maximum atomic E-state index is 13.0. The predicted octanol–water partition coefficient (Wildman–Crippen LogP) is 5.08. The first-order valence-electron chi connectivity index (χ1n) is 9.28. The van der Waals surface area contributed by atoms with E-state index in [9.17, 15) is 26.4 Å². The first-order valence-corrected chi connectivity index (χ1v) is 10.7. The van der Waals surface area contributed by atoms with Gasteiger partial charge in [-0.15, -0.1) is 0 Å². The van der Waals surface area contributed by atoms with Crippen molar-refractivity contribution in [2.45, 2.75) is 17.5 Å². The summed E-state index contributed by atoms with van der Waals surface area (Å²) in [6.45, 7) is 0. The molecular weight excluding hydrogens is 445 g/mol. The van der Waals surface area contributed by atoms with Crippen molar-refractivity contribution in [2.24, 2.45) is 4.99 Å². The molecule has 0 atom stereocenters. The van der Waals surface area contributed by atoms with Crippen molar-refractivity contribution in [3.8, 4) is 11.1 Å². The van der Waals surface area contributed by atoms with Gasteiger partial charge >= 0.3 is 6.18 Å². The first kappa shape index (κ1) is 21.7. The van der Waals surface area contributed by atoms with Crippen LogP contribution in [0.3, 0.4) is 0 Å². The van der Waals surface area contributed by atoms with Gasteiger partial charge in [-0.3, -0.25) is 14.3 Å². The van der Waals surface area contributed by atoms with Crippen LogP contribution in [0.15, 0.2) is 76.6 Å². The van der Waals surface area contributed by atoms with Crippen LogP contribution in [-0.2, 0) is 21.1 Å². The van der Waals surface area contributed by atoms with E-state index in [4.69, 9.17) is 4.55 Å². The number of anilines is 1. The van der Waals surface area contributed by atoms with Crippen molar-refractivity contribution in [3.05, 3.63) is 77.9 Å². The van der Waals surface area contributed by atoms with Crippen LogP contribution in [0.25, 0.3) is 11.1 Å². The number of carbonyl (C=O) groups excluding carboxylic acids is 1. The number of halogens is 3. The van der Waals surface area contributed by atoms with Crippen LogP contribution in [0.5, 0.6) is 0 Å². The van der Waals surface area contributed by atoms with E-state index in [1.54, 1.807) is 24.3 Å². The molecule has 10 heteroatoms. The minimum atomic E-state index is -4.54. The van der Waals surface area contributed by atoms with Gasteiger partial charge < -0.3 is 5.32 Å². The summed E-state index contributed by atoms with van der Waals surface area (Å²) >= 11 is 0. The van der Waals surface area contributed by atoms with Gasteiger partial charge in [0.05, 0.1) is 34.0 Å². The van der Waals surface area contributed by atoms with E-state index >= 15 is 0 Å². The topological polar surface area (TPSA) is 95.8 Å². The van der Waals surface area contributed by atoms with Crippen LogP contribution in [0.2, 0.25) is 0 Å². The zero-order valence-corrected chi connectivity index (χ0v) is 17.0. The lowest BCUT2D eigenvalue weighted by atomic mass is 9.99. The van der Waals surface area contributed by atoms with Crippen molar-refractivity contribution in [2.75, 3.05) is 5.32 Å². The number of carbonyl (C=O) groups is 1. The second-order valence-electron chi connectivity index (χ2n) is 7.09. The van der Waals surface area contributed by atoms with Crippen molar-refractivity contribution in [3.63, 3.8) is 0 Å². The second-order valence-corrected chi connectivity index (χ2v) is 8.51. The highest BCUT2D eigenvalue weighted by Crippen LogP contribution is 2.36. The smallest absolute Gasteiger partial charge is 0.324 e. The normalized spacial score (nSPS) is 14.2. The SMILES string of the molecule is O=C1CC(c2cccc(-c3ccc(S(=O)(=O)O)cc3)c2)=Nc2ccc(C(F)(F)F)cc2N1. The Morgan fingerprint density at radius 1 is 0.906 bits per heavy atom. The van der Waals surface area contributed by atoms with Gasteiger partial charge in [-0.05, 0) is 53.1 Å². The first-order chi connectivity index (χ1) is 15.0. The lowest BCUT2D eigenvalue weighted by Gasteiger charge is -2.10. The number of rotatable bonds is 3. The number of nitrogens with one attached hydrogen (secondary N) is 1. The molecule has 0 unspecified atom stereocenters. The third kappa shape index (κ3) is 4.56. The van der Waals surface area contributed by atoms with Crippen LogP contribution in [0, 0.1) is 0 Å². The number of benzene rings is 3. The molecule has 0 saturated carbocycles. The molecule has 0 aliphatic carbocycles. The Balaban J connectivity index is 1.72. The third-order valence-electron chi connectivity index (χ3n) is 4.86. The van der Waals surface area contributed by atoms with E-state index in [2.05, 4.69) is 10.3 Å². The van der Waals surface area contributed by atoms with Gasteiger partial charge in [0, 0.05) is 0 Å². The highest BCUT2D eigenvalue weighted by Gasteiger charge is 2.31. The maximum Gasteiger partial charge on any atom is 0.416 e. The molecule has 6 nitrogen and oxygen atoms in total. The summed E-state index contributed by atoms with van der Waals surface area (Å²) in [6, 6.07) is 15.5. The lowest BCUT2D eigenvalue weighted by Crippen LogP contribution is -2.15. The average Bonchev–Trinajstić information content (AvgIpc) is 2.90. The Kier molecular flexibility index (Phi) is 5.35. The van der Waals surface area contributed by atoms with Crippen LogP contribution in [0.1, 0.15) is 17.5 Å². The van der Waals surface area contributed by atoms with E-state index < -0.39 is 27.8 Å². The van der Waals surface area contributed by atoms with Crippen molar-refractivity contribution in [1.29, 1.82) is 0 Å². The Morgan fingerprint density at radius 3 is 2.25 bits per heavy atom. The molecule has 3 aromatic carbocycles. The molecule has 4 rings (SSSR count). The molecule has 164 valence electrons. The number of alkyl halides is 3. The Labute approximate surface area is 181 Å². The summed E-state index contributed by atoms with van der Waals surface area (Å²) in [5, 5.41) is 2.47. The number of aliphatic imine (C=N–C) groups is 1. The summed E-state index contributed by atoms with van der Waals surface area (Å²) in [7, 11) is -4.31. The van der Waals surface area contributed by atoms with E-state index in [0.717, 1.165) is 12.1 Å². The summed E-state index contributed by atoms with van der Waals surface area (Å²) in [4.78, 5) is 16.5. The monoisotopic (exact) mass is 460 g/mol. The highest BCUT2D eigenvalue weighted by atomic mass is 32.2. The van der Waals surface area contributed by atoms with Crippen molar-refractivity contribution < 1.29 is 30.9 Å². The lowest BCUT2D eigenvalue weighted by molar-refractivity contribution is -0.137. The average molecular weight is 460 g/mol. The van der Waals surface area contributed by atoms with Gasteiger partial charge in [-0.1, -0.05) is 30.3 Å². The number of hydrogen-bond donors (Lipinski definition) is 2. The van der Waals surface area contributed by atoms with Gasteiger partial charge in [0.1, 0.15) is 0 Å². The van der Waals surface area contributed by atoms with Gasteiger partial charge in [-0.2, -0.15) is 21.6 Å². The molecule has 2 N–H and O–H groups in total. The molecule has 0 spiro atoms. The number of hydrogen-bond acceptors (Lipinski definition) is 4. The van der Waals surface area contributed by atoms with Crippen LogP contribution < -0.4 is 5.32 Å². The predicted molar refractivity (Wildman–Crippen MR) is 113 cm³/mol. The minimum absolute atomic E-state index is 0.0169. The third-order valence-corrected chi connectivity index (χ3v) is 5.73. The largest absolute Gasteiger partial charge is 0.416 e. The summed E-state index contributed by atoms with van der Waals surface area (Å²) in [6.07, 6.45) is -4.68. The van der Waals surface area contributed by atoms with Crippen molar-refractivity contribution in [1.82, 2.24) is 0 Å². The molecule has 0 radical (unpaired) electrons. The molecule has 1 aliphatic rings. The van der Waals surface area contributed by atoms with E-state index in [1.807, 2.05) is 0 Å². The summed E-state index contributed by atoms with van der Waals surface area (Å²) < 4.78 is 70.6. The molecular formula is C22H15F3N2O4S. The van der Waals surface area contributed by atoms with Crippen LogP contribution >= 0.6 is 0 Å². The van der Waals surface area contributed by atoms with E-state index in [0.29, 0.717) is 22.4 Å². The number of amides is 1. The van der Waals surface area contributed by atoms with Gasteiger partial charge in [0.2, 0.25) is 5.91 Å². The zero-order chi connectivity index (χ0) is 23.1. The minimum Gasteiger partial charge on any atom is -0.324 e. The molecule has 0 bridgehead atoms. The number of nitrogens with zero attached hydrogens (tertiary/aromatic N) is 1. The molecule has 3 aromatic rings. The van der Waals surface area contributed by atoms with Gasteiger partial charge in [-0.25, -0.2) is 0 Å². The molecule has 1 heterocycles. The molecule has 0 saturated heterocycles. The second kappa shape index (κ2) is 7.88. The Hall–Kier alpha value is -3.50. The van der Waals surface area contributed by atoms with E-state index in [1.165, 1.54) is 30.3 Å². The molecule has 1 aliphatic heterocycles. The summed E-state index contributed by atoms with van der Waals surface area (Å²) in [5.74, 6) is -0.496. The molecule has 32 heavy (non-hydrogen) atoms. The van der Waals surface area contributed by atoms with Crippen LogP contribution in [0.4, 0.5) is 24.5 Å². The highest BCUT2D eigenvalue weighted by molar-refractivity contribution is 7.85. The Bertz CT molecular complexity index is 1350. The van der Waals surface area contributed by atoms with Crippen molar-refractivity contribution >= 4 is 33.1 Å². The standard InChI is InChI=1S/C22H15F3N2O4S/c23-22(24,25)16-6-9-18-20(11-16)27-21(28)12-19(26-18)15-3-1-2-14(10-15)13-4-7-17(8-5-13)32(29,30)31/h1-11H,12H2,(H,27,28)(H,29,30,31). The fraction of sp³-hybridized carbons (Fsp3) is 0.0909. The zero-order valence-electron chi connectivity index (χ0n) is 16.2. The summed E-state index contributed by atoms with van der Waals surface area (Å²) in [5.41, 5.74) is 1.63. The molecule has 0 fully saturated rings. The quantitative estimate of drug-likeness (QED) is 0.533. The fourth-order valence-electron chi connectivity index (χ4n) is 3.31. The Morgan fingerprint density at radius 2 is 1.59 bits per heavy atom. The van der Waals surface area contributed by atoms with Gasteiger partial charge in [0.25, 0.3) is 10.1 Å². The molecule has 1 amide bonds. The van der Waals surface area contributed by atoms with Gasteiger partial charge in [0.15, 0.2) is 0 Å². The maximum absolute atomic E-state index is 13.0.